The highest BCUT2D eigenvalue weighted by atomic mass is 19.4. The standard InChI is InChI=1S/C40H45F17N4O4/c1-22(2)61-19-23(3)29(65-30-27(32(61)63)7-5-8-28(30)59-31(62)25-13-16-58-17-14-25)21-60(4)20-24-9-11-26(12-10-24)64-18-6-15-33(41,42)34(43,44)35(45,46)36(47,48)37(49,50)38(51,52)39(53,54)40(55,56)57/h5,7-12,22-23,25,29,58H,6,13-21H2,1-4H3,(H,59,62). The Bertz CT molecular complexity index is 1960. The van der Waals surface area contributed by atoms with E-state index in [1.165, 1.54) is 24.3 Å². The zero-order valence-corrected chi connectivity index (χ0v) is 34.9. The van der Waals surface area contributed by atoms with Crippen molar-refractivity contribution in [2.45, 2.75) is 113 Å². The molecule has 65 heavy (non-hydrogen) atoms. The molecule has 25 heteroatoms. The molecule has 8 nitrogen and oxygen atoms in total. The van der Waals surface area contributed by atoms with E-state index in [0.717, 1.165) is 0 Å². The highest BCUT2D eigenvalue weighted by molar-refractivity contribution is 6.02. The molecule has 0 saturated carbocycles. The fraction of sp³-hybridized carbons (Fsp3) is 0.650. The van der Waals surface area contributed by atoms with Crippen LogP contribution in [-0.2, 0) is 11.3 Å². The van der Waals surface area contributed by atoms with Crippen molar-refractivity contribution in [2.75, 3.05) is 45.2 Å². The van der Waals surface area contributed by atoms with E-state index in [4.69, 9.17) is 9.47 Å². The molecule has 1 saturated heterocycles. The number of nitrogens with zero attached hydrogens (tertiary/aromatic N) is 2. The van der Waals surface area contributed by atoms with E-state index >= 15 is 0 Å². The first-order valence-electron chi connectivity index (χ1n) is 19.9. The van der Waals surface area contributed by atoms with Crippen LogP contribution in [0.2, 0.25) is 0 Å². The summed E-state index contributed by atoms with van der Waals surface area (Å²) in [5.74, 6) is -57.6. The number of amides is 2. The number of nitrogens with one attached hydrogen (secondary N) is 2. The van der Waals surface area contributed by atoms with E-state index < -0.39 is 73.2 Å². The number of carbonyl (C=O) groups is 2. The first-order chi connectivity index (χ1) is 29.7. The summed E-state index contributed by atoms with van der Waals surface area (Å²) in [6, 6.07) is 10.1. The number of hydrogen-bond acceptors (Lipinski definition) is 6. The predicted octanol–water partition coefficient (Wildman–Crippen LogP) is 10.2. The number of anilines is 1. The first kappa shape index (κ1) is 53.3. The number of rotatable bonds is 18. The number of ether oxygens (including phenoxy) is 2. The molecule has 1 fully saturated rings. The quantitative estimate of drug-likeness (QED) is 0.114. The molecular weight excluding hydrogens is 923 g/mol. The summed E-state index contributed by atoms with van der Waals surface area (Å²) in [6.45, 7) is 6.68. The third kappa shape index (κ3) is 10.3. The van der Waals surface area contributed by atoms with Gasteiger partial charge in [0.1, 0.15) is 11.9 Å². The van der Waals surface area contributed by atoms with Gasteiger partial charge in [-0.2, -0.15) is 74.6 Å². The minimum atomic E-state index is -8.67. The van der Waals surface area contributed by atoms with Crippen LogP contribution < -0.4 is 20.1 Å². The van der Waals surface area contributed by atoms with Crippen molar-refractivity contribution in [3.63, 3.8) is 0 Å². The van der Waals surface area contributed by atoms with Gasteiger partial charge in [-0.15, -0.1) is 0 Å². The summed E-state index contributed by atoms with van der Waals surface area (Å²) in [6.07, 6.45) is -11.1. The molecule has 0 bridgehead atoms. The van der Waals surface area contributed by atoms with Crippen LogP contribution in [0.4, 0.5) is 80.3 Å². The largest absolute Gasteiger partial charge is 0.494 e. The third-order valence-corrected chi connectivity index (χ3v) is 11.0. The van der Waals surface area contributed by atoms with Crippen LogP contribution in [0.25, 0.3) is 0 Å². The Hall–Kier alpha value is -4.29. The molecule has 0 radical (unpaired) electrons. The second-order valence-corrected chi connectivity index (χ2v) is 16.3. The molecule has 0 spiro atoms. The Morgan fingerprint density at radius 2 is 1.35 bits per heavy atom. The number of halogens is 17. The van der Waals surface area contributed by atoms with Gasteiger partial charge >= 0.3 is 47.6 Å². The zero-order chi connectivity index (χ0) is 49.4. The molecule has 0 aliphatic carbocycles. The molecule has 0 aromatic heterocycles. The minimum absolute atomic E-state index is 0.151. The Balaban J connectivity index is 1.40. The van der Waals surface area contributed by atoms with Gasteiger partial charge in [0, 0.05) is 43.9 Å². The van der Waals surface area contributed by atoms with Gasteiger partial charge < -0.3 is 25.0 Å². The van der Waals surface area contributed by atoms with Crippen molar-refractivity contribution in [3.05, 3.63) is 53.6 Å². The van der Waals surface area contributed by atoms with E-state index in [1.807, 2.05) is 25.7 Å². The second-order valence-electron chi connectivity index (χ2n) is 16.3. The molecular formula is C40H45F17N4O4. The maximum atomic E-state index is 14.3. The minimum Gasteiger partial charge on any atom is -0.494 e. The summed E-state index contributed by atoms with van der Waals surface area (Å²) in [5, 5.41) is 6.13. The molecule has 2 heterocycles. The van der Waals surface area contributed by atoms with Crippen molar-refractivity contribution >= 4 is 17.5 Å². The third-order valence-electron chi connectivity index (χ3n) is 11.0. The molecule has 2 aromatic carbocycles. The van der Waals surface area contributed by atoms with Crippen LogP contribution >= 0.6 is 0 Å². The summed E-state index contributed by atoms with van der Waals surface area (Å²) >= 11 is 0. The fourth-order valence-corrected chi connectivity index (χ4v) is 7.06. The van der Waals surface area contributed by atoms with E-state index in [0.29, 0.717) is 43.7 Å². The number of alkyl halides is 17. The predicted molar refractivity (Wildman–Crippen MR) is 199 cm³/mol. The fourth-order valence-electron chi connectivity index (χ4n) is 7.06. The molecule has 2 amide bonds. The van der Waals surface area contributed by atoms with Gasteiger partial charge in [0.15, 0.2) is 5.75 Å². The lowest BCUT2D eigenvalue weighted by atomic mass is 9.88. The number of likely N-dealkylation sites (N-methyl/N-ethyl adjacent to an activating group) is 1. The van der Waals surface area contributed by atoms with E-state index in [-0.39, 0.29) is 59.8 Å². The Labute approximate surface area is 361 Å². The summed E-state index contributed by atoms with van der Waals surface area (Å²) in [7, 11) is 1.73. The Morgan fingerprint density at radius 1 is 0.815 bits per heavy atom. The van der Waals surface area contributed by atoms with Gasteiger partial charge in [-0.25, -0.2) is 0 Å². The molecule has 2 aliphatic heterocycles. The van der Waals surface area contributed by atoms with Gasteiger partial charge in [0.2, 0.25) is 5.91 Å². The van der Waals surface area contributed by atoms with Crippen LogP contribution in [0.15, 0.2) is 42.5 Å². The number of hydrogen-bond donors (Lipinski definition) is 2. The average Bonchev–Trinajstić information content (AvgIpc) is 3.20. The van der Waals surface area contributed by atoms with Gasteiger partial charge in [-0.3, -0.25) is 14.5 Å². The van der Waals surface area contributed by atoms with Crippen molar-refractivity contribution in [3.8, 4) is 11.5 Å². The molecule has 2 aliphatic rings. The molecule has 2 N–H and O–H groups in total. The van der Waals surface area contributed by atoms with Crippen LogP contribution in [-0.4, -0.2) is 121 Å². The smallest absolute Gasteiger partial charge is 0.460 e. The van der Waals surface area contributed by atoms with Crippen molar-refractivity contribution in [2.24, 2.45) is 11.8 Å². The molecule has 4 rings (SSSR count). The SMILES string of the molecule is CC1CN(C(C)C)C(=O)c2cccc(NC(=O)C3CCNCC3)c2OC1CN(C)Cc1ccc(OCCCC(F)(F)C(F)(F)C(F)(F)C(F)(F)C(F)(F)C(F)(F)C(F)(F)C(F)(F)F)cc1. The normalized spacial score (nSPS) is 19.2. The molecule has 2 unspecified atom stereocenters. The first-order valence-corrected chi connectivity index (χ1v) is 19.9. The van der Waals surface area contributed by atoms with Crippen LogP contribution in [0, 0.1) is 11.8 Å². The number of para-hydroxylation sites is 1. The van der Waals surface area contributed by atoms with E-state index in [2.05, 4.69) is 10.6 Å². The topological polar surface area (TPSA) is 83.1 Å². The number of benzene rings is 2. The molecule has 2 aromatic rings. The molecule has 368 valence electrons. The lowest BCUT2D eigenvalue weighted by Crippen LogP contribution is -2.74. The number of piperidine rings is 1. The monoisotopic (exact) mass is 968 g/mol. The lowest BCUT2D eigenvalue weighted by molar-refractivity contribution is -0.461. The van der Waals surface area contributed by atoms with Crippen LogP contribution in [0.1, 0.15) is 62.4 Å². The van der Waals surface area contributed by atoms with Crippen LogP contribution in [0.5, 0.6) is 11.5 Å². The van der Waals surface area contributed by atoms with Gasteiger partial charge in [-0.1, -0.05) is 25.1 Å². The summed E-state index contributed by atoms with van der Waals surface area (Å²) in [5.41, 5.74) is 1.17. The Kier molecular flexibility index (Phi) is 15.7. The van der Waals surface area contributed by atoms with E-state index in [1.54, 1.807) is 30.1 Å². The highest BCUT2D eigenvalue weighted by Crippen LogP contribution is 2.64. The second kappa shape index (κ2) is 19.1. The number of fused-ring (bicyclic) bond motifs is 1. The van der Waals surface area contributed by atoms with Crippen LogP contribution in [0.3, 0.4) is 0 Å². The van der Waals surface area contributed by atoms with Gasteiger partial charge in [-0.05, 0) is 83.1 Å². The number of carbonyl (C=O) groups excluding carboxylic acids is 2. The van der Waals surface area contributed by atoms with E-state index in [9.17, 15) is 84.2 Å². The average molecular weight is 969 g/mol. The van der Waals surface area contributed by atoms with Crippen molar-refractivity contribution in [1.82, 2.24) is 15.1 Å². The highest BCUT2D eigenvalue weighted by Gasteiger charge is 2.95. The molecule has 2 atom stereocenters. The van der Waals surface area contributed by atoms with Crippen molar-refractivity contribution in [1.29, 1.82) is 0 Å². The zero-order valence-electron chi connectivity index (χ0n) is 34.9. The van der Waals surface area contributed by atoms with Crippen molar-refractivity contribution < 1.29 is 93.7 Å². The maximum Gasteiger partial charge on any atom is 0.460 e. The summed E-state index contributed by atoms with van der Waals surface area (Å²) in [4.78, 5) is 30.5. The summed E-state index contributed by atoms with van der Waals surface area (Å²) < 4.78 is 242. The van der Waals surface area contributed by atoms with Gasteiger partial charge in [0.05, 0.1) is 17.9 Å². The maximum absolute atomic E-state index is 14.3. The van der Waals surface area contributed by atoms with Gasteiger partial charge in [0.25, 0.3) is 5.91 Å². The lowest BCUT2D eigenvalue weighted by Gasteiger charge is -2.42. The Morgan fingerprint density at radius 3 is 1.89 bits per heavy atom.